The third-order valence-electron chi connectivity index (χ3n) is 2.13. The van der Waals surface area contributed by atoms with Gasteiger partial charge in [-0.25, -0.2) is 0 Å². The smallest absolute Gasteiger partial charge is 0.161 e. The Labute approximate surface area is 102 Å². The van der Waals surface area contributed by atoms with E-state index in [1.54, 1.807) is 13.2 Å². The van der Waals surface area contributed by atoms with Crippen molar-refractivity contribution in [1.82, 2.24) is 0 Å². The number of hydrogen-bond acceptors (Lipinski definition) is 3. The average molecular weight is 234 g/mol. The van der Waals surface area contributed by atoms with Crippen molar-refractivity contribution >= 4 is 12.4 Å². The van der Waals surface area contributed by atoms with Crippen LogP contribution in [0.25, 0.3) is 6.08 Å². The Hall–Kier alpha value is -1.77. The third kappa shape index (κ3) is 4.31. The summed E-state index contributed by atoms with van der Waals surface area (Å²) in [5.74, 6) is 1.87. The molecule has 0 aliphatic rings. The largest absolute Gasteiger partial charge is 0.493 e. The number of rotatable bonds is 6. The Morgan fingerprint density at radius 2 is 2.06 bits per heavy atom. The minimum atomic E-state index is 0.467. The molecule has 0 heterocycles. The van der Waals surface area contributed by atoms with Crippen LogP contribution in [0.4, 0.5) is 0 Å². The van der Waals surface area contributed by atoms with Gasteiger partial charge in [-0.15, -0.1) is 0 Å². The zero-order valence-corrected chi connectivity index (χ0v) is 10.5. The van der Waals surface area contributed by atoms with Crippen molar-refractivity contribution in [2.24, 2.45) is 5.92 Å². The maximum absolute atomic E-state index is 10.2. The minimum Gasteiger partial charge on any atom is -0.493 e. The number of carbonyl (C=O) groups excluding carboxylic acids is 1. The second-order valence-corrected chi connectivity index (χ2v) is 4.11. The number of allylic oxidation sites excluding steroid dienone is 1. The van der Waals surface area contributed by atoms with Gasteiger partial charge in [-0.3, -0.25) is 4.79 Å². The maximum Gasteiger partial charge on any atom is 0.161 e. The van der Waals surface area contributed by atoms with E-state index in [0.29, 0.717) is 18.3 Å². The molecule has 0 spiro atoms. The van der Waals surface area contributed by atoms with Crippen molar-refractivity contribution in [3.8, 4) is 11.5 Å². The van der Waals surface area contributed by atoms with Crippen LogP contribution in [-0.4, -0.2) is 20.0 Å². The number of aldehydes is 1. The van der Waals surface area contributed by atoms with E-state index in [4.69, 9.17) is 9.47 Å². The van der Waals surface area contributed by atoms with Crippen LogP contribution in [0.2, 0.25) is 0 Å². The van der Waals surface area contributed by atoms with Gasteiger partial charge < -0.3 is 9.47 Å². The lowest BCUT2D eigenvalue weighted by atomic mass is 10.2. The molecule has 3 nitrogen and oxygen atoms in total. The molecular formula is C14H18O3. The molecule has 92 valence electrons. The fraction of sp³-hybridized carbons (Fsp3) is 0.357. The molecule has 0 N–H and O–H groups in total. The fourth-order valence-corrected chi connectivity index (χ4v) is 1.31. The van der Waals surface area contributed by atoms with Crippen molar-refractivity contribution < 1.29 is 14.3 Å². The third-order valence-corrected chi connectivity index (χ3v) is 2.13. The lowest BCUT2D eigenvalue weighted by molar-refractivity contribution is -0.104. The van der Waals surface area contributed by atoms with E-state index in [2.05, 4.69) is 13.8 Å². The molecule has 0 aromatic heterocycles. The van der Waals surface area contributed by atoms with Gasteiger partial charge in [0.15, 0.2) is 11.5 Å². The van der Waals surface area contributed by atoms with Gasteiger partial charge in [0, 0.05) is 0 Å². The number of hydrogen-bond donors (Lipinski definition) is 0. The fourth-order valence-electron chi connectivity index (χ4n) is 1.31. The van der Waals surface area contributed by atoms with Gasteiger partial charge in [-0.2, -0.15) is 0 Å². The molecule has 0 radical (unpaired) electrons. The summed E-state index contributed by atoms with van der Waals surface area (Å²) in [6.07, 6.45) is 3.92. The molecule has 1 aromatic carbocycles. The first-order valence-corrected chi connectivity index (χ1v) is 5.60. The van der Waals surface area contributed by atoms with E-state index in [0.717, 1.165) is 17.6 Å². The molecule has 0 aliphatic carbocycles. The van der Waals surface area contributed by atoms with E-state index in [1.165, 1.54) is 6.08 Å². The highest BCUT2D eigenvalue weighted by atomic mass is 16.5. The first-order valence-electron chi connectivity index (χ1n) is 5.60. The summed E-state index contributed by atoms with van der Waals surface area (Å²) in [6.45, 7) is 4.83. The summed E-state index contributed by atoms with van der Waals surface area (Å²) in [5.41, 5.74) is 0.908. The summed E-state index contributed by atoms with van der Waals surface area (Å²) in [7, 11) is 1.60. The summed E-state index contributed by atoms with van der Waals surface area (Å²) in [4.78, 5) is 10.2. The van der Waals surface area contributed by atoms with Crippen LogP contribution < -0.4 is 9.47 Å². The van der Waals surface area contributed by atoms with E-state index in [1.807, 2.05) is 18.2 Å². The SMILES string of the molecule is COc1cc(/C=C/C=O)ccc1OCC(C)C. The second kappa shape index (κ2) is 6.74. The molecule has 0 saturated carbocycles. The second-order valence-electron chi connectivity index (χ2n) is 4.11. The molecule has 0 bridgehead atoms. The van der Waals surface area contributed by atoms with Gasteiger partial charge in [0.1, 0.15) is 6.29 Å². The molecule has 1 rings (SSSR count). The molecule has 0 saturated heterocycles. The zero-order valence-electron chi connectivity index (χ0n) is 10.5. The first-order chi connectivity index (χ1) is 8.17. The molecule has 0 amide bonds. The number of carbonyl (C=O) groups is 1. The van der Waals surface area contributed by atoms with E-state index < -0.39 is 0 Å². The normalized spacial score (nSPS) is 10.8. The van der Waals surface area contributed by atoms with E-state index in [9.17, 15) is 4.79 Å². The van der Waals surface area contributed by atoms with Gasteiger partial charge in [0.2, 0.25) is 0 Å². The average Bonchev–Trinajstić information content (AvgIpc) is 2.34. The van der Waals surface area contributed by atoms with Crippen molar-refractivity contribution in [2.75, 3.05) is 13.7 Å². The highest BCUT2D eigenvalue weighted by Crippen LogP contribution is 2.28. The molecule has 0 fully saturated rings. The predicted octanol–water partition coefficient (Wildman–Crippen LogP) is 2.94. The van der Waals surface area contributed by atoms with Crippen LogP contribution in [0.15, 0.2) is 24.3 Å². The van der Waals surface area contributed by atoms with E-state index in [-0.39, 0.29) is 0 Å². The first kappa shape index (κ1) is 13.3. The van der Waals surface area contributed by atoms with Crippen LogP contribution in [0.3, 0.4) is 0 Å². The Balaban J connectivity index is 2.85. The topological polar surface area (TPSA) is 35.5 Å². The van der Waals surface area contributed by atoms with Gasteiger partial charge >= 0.3 is 0 Å². The molecule has 3 heteroatoms. The van der Waals surface area contributed by atoms with Gasteiger partial charge in [-0.05, 0) is 29.7 Å². The molecule has 17 heavy (non-hydrogen) atoms. The van der Waals surface area contributed by atoms with Crippen LogP contribution in [0.5, 0.6) is 11.5 Å². The van der Waals surface area contributed by atoms with Gasteiger partial charge in [0.05, 0.1) is 13.7 Å². The summed E-state index contributed by atoms with van der Waals surface area (Å²) < 4.78 is 10.9. The highest BCUT2D eigenvalue weighted by Gasteiger charge is 2.05. The van der Waals surface area contributed by atoms with Gasteiger partial charge in [-0.1, -0.05) is 26.0 Å². The summed E-state index contributed by atoms with van der Waals surface area (Å²) in [6, 6.07) is 5.58. The Kier molecular flexibility index (Phi) is 5.27. The van der Waals surface area contributed by atoms with Gasteiger partial charge in [0.25, 0.3) is 0 Å². The Morgan fingerprint density at radius 3 is 2.65 bits per heavy atom. The maximum atomic E-state index is 10.2. The van der Waals surface area contributed by atoms with Crippen molar-refractivity contribution in [1.29, 1.82) is 0 Å². The Bertz CT molecular complexity index is 394. The molecule has 0 atom stereocenters. The molecule has 1 aromatic rings. The standard InChI is InChI=1S/C14H18O3/c1-11(2)10-17-13-7-6-12(5-4-8-15)9-14(13)16-3/h4-9,11H,10H2,1-3H3/b5-4+. The van der Waals surface area contributed by atoms with Crippen LogP contribution in [-0.2, 0) is 4.79 Å². The summed E-state index contributed by atoms with van der Waals surface area (Å²) in [5, 5.41) is 0. The van der Waals surface area contributed by atoms with Crippen molar-refractivity contribution in [2.45, 2.75) is 13.8 Å². The van der Waals surface area contributed by atoms with Crippen LogP contribution in [0.1, 0.15) is 19.4 Å². The number of methoxy groups -OCH3 is 1. The Morgan fingerprint density at radius 1 is 1.29 bits per heavy atom. The number of benzene rings is 1. The zero-order chi connectivity index (χ0) is 12.7. The van der Waals surface area contributed by atoms with Crippen molar-refractivity contribution in [3.63, 3.8) is 0 Å². The lowest BCUT2D eigenvalue weighted by Crippen LogP contribution is -2.05. The lowest BCUT2D eigenvalue weighted by Gasteiger charge is -2.12. The number of ether oxygens (including phenoxy) is 2. The highest BCUT2D eigenvalue weighted by molar-refractivity contribution is 5.74. The molecular weight excluding hydrogens is 216 g/mol. The van der Waals surface area contributed by atoms with Crippen LogP contribution >= 0.6 is 0 Å². The van der Waals surface area contributed by atoms with Crippen LogP contribution in [0, 0.1) is 5.92 Å². The van der Waals surface area contributed by atoms with Crippen molar-refractivity contribution in [3.05, 3.63) is 29.8 Å². The van der Waals surface area contributed by atoms with E-state index >= 15 is 0 Å². The predicted molar refractivity (Wildman–Crippen MR) is 68.4 cm³/mol. The monoisotopic (exact) mass is 234 g/mol. The molecule has 0 aliphatic heterocycles. The minimum absolute atomic E-state index is 0.467. The molecule has 0 unspecified atom stereocenters. The summed E-state index contributed by atoms with van der Waals surface area (Å²) >= 11 is 0. The quantitative estimate of drug-likeness (QED) is 0.560.